The molecule has 0 heterocycles. The molecular formula is C25H38O. The first kappa shape index (κ1) is 18.5. The van der Waals surface area contributed by atoms with Crippen molar-refractivity contribution >= 4 is 5.78 Å². The molecule has 0 aromatic heterocycles. The van der Waals surface area contributed by atoms with Gasteiger partial charge in [0.25, 0.3) is 0 Å². The van der Waals surface area contributed by atoms with Crippen molar-refractivity contribution in [2.75, 3.05) is 0 Å². The van der Waals surface area contributed by atoms with E-state index in [0.717, 1.165) is 11.8 Å². The number of hydrogen-bond donors (Lipinski definition) is 0. The third-order valence-corrected chi connectivity index (χ3v) is 9.41. The van der Waals surface area contributed by atoms with E-state index >= 15 is 0 Å². The summed E-state index contributed by atoms with van der Waals surface area (Å²) in [4.78, 5) is 12.9. The fourth-order valence-corrected chi connectivity index (χ4v) is 7.55. The van der Waals surface area contributed by atoms with E-state index in [-0.39, 0.29) is 11.2 Å². The summed E-state index contributed by atoms with van der Waals surface area (Å²) in [5.74, 6) is 3.05. The van der Waals surface area contributed by atoms with Crippen LogP contribution in [0.15, 0.2) is 23.8 Å². The molecule has 1 atom stereocenters. The van der Waals surface area contributed by atoms with E-state index in [9.17, 15) is 4.79 Å². The molecule has 144 valence electrons. The van der Waals surface area contributed by atoms with Crippen molar-refractivity contribution in [1.82, 2.24) is 0 Å². The monoisotopic (exact) mass is 354 g/mol. The normalized spacial score (nSPS) is 44.7. The Kier molecular flexibility index (Phi) is 4.33. The largest absolute Gasteiger partial charge is 0.290 e. The summed E-state index contributed by atoms with van der Waals surface area (Å²) >= 11 is 0. The molecule has 6 saturated carbocycles. The van der Waals surface area contributed by atoms with Gasteiger partial charge in [0.15, 0.2) is 5.78 Å². The first-order valence-electron chi connectivity index (χ1n) is 11.1. The third kappa shape index (κ3) is 2.76. The van der Waals surface area contributed by atoms with Crippen LogP contribution in [0.2, 0.25) is 0 Å². The molecular weight excluding hydrogens is 316 g/mol. The van der Waals surface area contributed by atoms with Crippen LogP contribution in [0.5, 0.6) is 0 Å². The Bertz CT molecular complexity index is 626. The van der Waals surface area contributed by atoms with E-state index in [2.05, 4.69) is 40.7 Å². The van der Waals surface area contributed by atoms with Crippen LogP contribution in [0.25, 0.3) is 0 Å². The Morgan fingerprint density at radius 2 is 1.50 bits per heavy atom. The summed E-state index contributed by atoms with van der Waals surface area (Å²) in [5.41, 5.74) is 2.40. The number of rotatable bonds is 3. The number of hydrogen-bond acceptors (Lipinski definition) is 1. The summed E-state index contributed by atoms with van der Waals surface area (Å²) in [5, 5.41) is 0. The number of allylic oxidation sites excluding steroid dienone is 4. The topological polar surface area (TPSA) is 17.1 Å². The molecule has 0 radical (unpaired) electrons. The van der Waals surface area contributed by atoms with Crippen LogP contribution in [-0.4, -0.2) is 5.78 Å². The Balaban J connectivity index is 1.55. The minimum Gasteiger partial charge on any atom is -0.290 e. The zero-order chi connectivity index (χ0) is 18.7. The van der Waals surface area contributed by atoms with Crippen molar-refractivity contribution in [3.63, 3.8) is 0 Å². The minimum absolute atomic E-state index is 0.222. The third-order valence-electron chi connectivity index (χ3n) is 9.41. The van der Waals surface area contributed by atoms with Gasteiger partial charge in [0.1, 0.15) is 0 Å². The lowest BCUT2D eigenvalue weighted by Gasteiger charge is -2.59. The molecule has 4 bridgehead atoms. The molecule has 0 spiro atoms. The van der Waals surface area contributed by atoms with Crippen molar-refractivity contribution in [3.05, 3.63) is 23.8 Å². The molecule has 0 aromatic rings. The standard InChI is InChI=1S/C25H38O/c1-23(2)18-8-6-17(7-9-18)21(23)16-20(26)10-11-22-24(3,4)19-12-14-25(22,5)15-13-19/h10-11,16-19,22H,6-9,12-15H2,1-5H3. The van der Waals surface area contributed by atoms with Gasteiger partial charge in [-0.2, -0.15) is 0 Å². The molecule has 0 amide bonds. The summed E-state index contributed by atoms with van der Waals surface area (Å²) < 4.78 is 0. The van der Waals surface area contributed by atoms with E-state index in [1.807, 2.05) is 12.2 Å². The molecule has 1 nitrogen and oxygen atoms in total. The Labute approximate surface area is 160 Å². The second-order valence-corrected chi connectivity index (χ2v) is 11.4. The Hall–Kier alpha value is -0.850. The number of carbonyl (C=O) groups is 1. The van der Waals surface area contributed by atoms with Crippen LogP contribution < -0.4 is 0 Å². The smallest absolute Gasteiger partial charge is 0.178 e. The number of carbonyl (C=O) groups excluding carboxylic acids is 1. The van der Waals surface area contributed by atoms with Crippen molar-refractivity contribution in [2.45, 2.75) is 86.0 Å². The van der Waals surface area contributed by atoms with Crippen molar-refractivity contribution in [2.24, 2.45) is 39.9 Å². The summed E-state index contributed by atoms with van der Waals surface area (Å²) in [6.07, 6.45) is 17.0. The lowest BCUT2D eigenvalue weighted by Crippen LogP contribution is -2.51. The lowest BCUT2D eigenvalue weighted by molar-refractivity contribution is -0.110. The molecule has 6 fully saturated rings. The molecule has 0 aliphatic heterocycles. The average molecular weight is 355 g/mol. The van der Waals surface area contributed by atoms with Crippen LogP contribution in [0, 0.1) is 39.9 Å². The fraction of sp³-hybridized carbons (Fsp3) is 0.800. The highest BCUT2D eigenvalue weighted by Gasteiger charge is 2.53. The maximum Gasteiger partial charge on any atom is 0.178 e. The summed E-state index contributed by atoms with van der Waals surface area (Å²) in [6, 6.07) is 0. The molecule has 0 saturated heterocycles. The van der Waals surface area contributed by atoms with Gasteiger partial charge in [-0.1, -0.05) is 46.3 Å². The zero-order valence-electron chi connectivity index (χ0n) is 17.6. The number of ketones is 1. The highest BCUT2D eigenvalue weighted by molar-refractivity contribution is 5.99. The average Bonchev–Trinajstić information content (AvgIpc) is 2.58. The molecule has 6 aliphatic carbocycles. The predicted molar refractivity (Wildman–Crippen MR) is 109 cm³/mol. The van der Waals surface area contributed by atoms with Crippen LogP contribution in [-0.2, 0) is 4.79 Å². The van der Waals surface area contributed by atoms with Crippen molar-refractivity contribution in [3.8, 4) is 0 Å². The van der Waals surface area contributed by atoms with Crippen LogP contribution in [0.4, 0.5) is 0 Å². The van der Waals surface area contributed by atoms with Gasteiger partial charge in [-0.05, 0) is 103 Å². The van der Waals surface area contributed by atoms with Gasteiger partial charge in [-0.3, -0.25) is 4.79 Å². The van der Waals surface area contributed by atoms with Crippen LogP contribution >= 0.6 is 0 Å². The quantitative estimate of drug-likeness (QED) is 0.513. The van der Waals surface area contributed by atoms with Crippen LogP contribution in [0.1, 0.15) is 86.0 Å². The molecule has 1 unspecified atom stereocenters. The molecule has 6 aliphatic rings. The first-order chi connectivity index (χ1) is 12.1. The van der Waals surface area contributed by atoms with Gasteiger partial charge in [0, 0.05) is 0 Å². The van der Waals surface area contributed by atoms with E-state index in [4.69, 9.17) is 0 Å². The molecule has 0 aromatic carbocycles. The first-order valence-corrected chi connectivity index (χ1v) is 11.1. The van der Waals surface area contributed by atoms with E-state index < -0.39 is 0 Å². The molecule has 26 heavy (non-hydrogen) atoms. The lowest BCUT2D eigenvalue weighted by atomic mass is 9.46. The molecule has 6 rings (SSSR count). The number of fused-ring (bicyclic) bond motifs is 6. The maximum atomic E-state index is 12.9. The van der Waals surface area contributed by atoms with Gasteiger partial charge in [0.05, 0.1) is 0 Å². The maximum absolute atomic E-state index is 12.9. The fourth-order valence-electron chi connectivity index (χ4n) is 7.55. The Morgan fingerprint density at radius 3 is 2.04 bits per heavy atom. The van der Waals surface area contributed by atoms with Crippen LogP contribution in [0.3, 0.4) is 0 Å². The SMILES string of the molecule is CC12CCC(CC1)C(C)(C)C2C=CC(=O)C=C1C2CCC(CC2)C1(C)C. The highest BCUT2D eigenvalue weighted by Crippen LogP contribution is 2.62. The second-order valence-electron chi connectivity index (χ2n) is 11.4. The van der Waals surface area contributed by atoms with Crippen molar-refractivity contribution < 1.29 is 4.79 Å². The summed E-state index contributed by atoms with van der Waals surface area (Å²) in [7, 11) is 0. The molecule has 0 N–H and O–H groups in total. The van der Waals surface area contributed by atoms with E-state index in [0.29, 0.717) is 22.7 Å². The molecule has 1 heteroatoms. The second kappa shape index (κ2) is 6.08. The zero-order valence-corrected chi connectivity index (χ0v) is 17.6. The van der Waals surface area contributed by atoms with E-state index in [1.165, 1.54) is 56.9 Å². The minimum atomic E-state index is 0.222. The van der Waals surface area contributed by atoms with Gasteiger partial charge >= 0.3 is 0 Å². The predicted octanol–water partition coefficient (Wildman–Crippen LogP) is 6.74. The highest BCUT2D eigenvalue weighted by atomic mass is 16.1. The van der Waals surface area contributed by atoms with Gasteiger partial charge in [-0.15, -0.1) is 0 Å². The van der Waals surface area contributed by atoms with Gasteiger partial charge in [-0.25, -0.2) is 0 Å². The summed E-state index contributed by atoms with van der Waals surface area (Å²) in [6.45, 7) is 12.1. The van der Waals surface area contributed by atoms with Gasteiger partial charge in [0.2, 0.25) is 0 Å². The van der Waals surface area contributed by atoms with Crippen molar-refractivity contribution in [1.29, 1.82) is 0 Å². The van der Waals surface area contributed by atoms with E-state index in [1.54, 1.807) is 0 Å². The Morgan fingerprint density at radius 1 is 0.885 bits per heavy atom. The van der Waals surface area contributed by atoms with Gasteiger partial charge < -0.3 is 0 Å².